The van der Waals surface area contributed by atoms with Gasteiger partial charge in [0.2, 0.25) is 5.91 Å². The summed E-state index contributed by atoms with van der Waals surface area (Å²) in [5.74, 6) is -1.02. The van der Waals surface area contributed by atoms with E-state index < -0.39 is 5.97 Å². The lowest BCUT2D eigenvalue weighted by Crippen LogP contribution is -2.39. The van der Waals surface area contributed by atoms with Crippen LogP contribution in [-0.2, 0) is 9.59 Å². The molecule has 0 aromatic carbocycles. The molecular formula is C11H20N2O3. The van der Waals surface area contributed by atoms with Gasteiger partial charge in [-0.05, 0) is 19.8 Å². The van der Waals surface area contributed by atoms with Crippen LogP contribution in [0.25, 0.3) is 0 Å². The van der Waals surface area contributed by atoms with Gasteiger partial charge in [0.1, 0.15) is 0 Å². The van der Waals surface area contributed by atoms with Crippen molar-refractivity contribution in [3.05, 3.63) is 0 Å². The number of rotatable bonds is 4. The molecule has 0 radical (unpaired) electrons. The zero-order chi connectivity index (χ0) is 12.3. The molecule has 5 heteroatoms. The third-order valence-corrected chi connectivity index (χ3v) is 2.82. The molecule has 0 aromatic rings. The number of nitrogens with one attached hydrogen (secondary N) is 1. The Hall–Kier alpha value is -1.10. The summed E-state index contributed by atoms with van der Waals surface area (Å²) in [5.41, 5.74) is 0. The second kappa shape index (κ2) is 5.30. The zero-order valence-corrected chi connectivity index (χ0v) is 10.1. The lowest BCUT2D eigenvalue weighted by Gasteiger charge is -2.16. The fourth-order valence-corrected chi connectivity index (χ4v) is 2.09. The highest BCUT2D eigenvalue weighted by molar-refractivity contribution is 5.78. The Morgan fingerprint density at radius 2 is 2.06 bits per heavy atom. The number of carbonyl (C=O) groups excluding carboxylic acids is 1. The minimum absolute atomic E-state index is 0.0340. The topological polar surface area (TPSA) is 69.6 Å². The molecule has 1 aliphatic heterocycles. The molecule has 92 valence electrons. The number of likely N-dealkylation sites (tertiary alicyclic amines) is 1. The van der Waals surface area contributed by atoms with Crippen LogP contribution in [0.15, 0.2) is 0 Å². The van der Waals surface area contributed by atoms with Crippen LogP contribution in [-0.4, -0.2) is 47.6 Å². The normalized spacial score (nSPS) is 26.0. The third-order valence-electron chi connectivity index (χ3n) is 2.82. The summed E-state index contributed by atoms with van der Waals surface area (Å²) >= 11 is 0. The Balaban J connectivity index is 2.41. The second-order valence-electron chi connectivity index (χ2n) is 4.84. The maximum Gasteiger partial charge on any atom is 0.308 e. The van der Waals surface area contributed by atoms with E-state index in [1.165, 1.54) is 0 Å². The third kappa shape index (κ3) is 3.48. The van der Waals surface area contributed by atoms with Gasteiger partial charge >= 0.3 is 5.97 Å². The maximum absolute atomic E-state index is 11.5. The van der Waals surface area contributed by atoms with Crippen molar-refractivity contribution < 1.29 is 14.7 Å². The summed E-state index contributed by atoms with van der Waals surface area (Å²) in [7, 11) is 0. The van der Waals surface area contributed by atoms with Crippen LogP contribution in [0.1, 0.15) is 20.8 Å². The Kier molecular flexibility index (Phi) is 4.29. The van der Waals surface area contributed by atoms with Crippen molar-refractivity contribution in [3.8, 4) is 0 Å². The van der Waals surface area contributed by atoms with E-state index in [4.69, 9.17) is 5.11 Å². The van der Waals surface area contributed by atoms with Crippen molar-refractivity contribution >= 4 is 11.9 Å². The summed E-state index contributed by atoms with van der Waals surface area (Å²) in [4.78, 5) is 24.3. The van der Waals surface area contributed by atoms with E-state index in [-0.39, 0.29) is 23.8 Å². The van der Waals surface area contributed by atoms with Crippen LogP contribution in [0.5, 0.6) is 0 Å². The van der Waals surface area contributed by atoms with Gasteiger partial charge in [-0.2, -0.15) is 0 Å². The SMILES string of the molecule is CC(C)NC(=O)CN1CC(C)C(C(=O)O)C1. The van der Waals surface area contributed by atoms with Gasteiger partial charge in [-0.15, -0.1) is 0 Å². The van der Waals surface area contributed by atoms with Crippen LogP contribution >= 0.6 is 0 Å². The van der Waals surface area contributed by atoms with Crippen molar-refractivity contribution in [2.75, 3.05) is 19.6 Å². The number of hydrogen-bond acceptors (Lipinski definition) is 3. The van der Waals surface area contributed by atoms with Gasteiger partial charge < -0.3 is 10.4 Å². The largest absolute Gasteiger partial charge is 0.481 e. The Labute approximate surface area is 95.8 Å². The van der Waals surface area contributed by atoms with E-state index in [9.17, 15) is 9.59 Å². The summed E-state index contributed by atoms with van der Waals surface area (Å²) < 4.78 is 0. The number of nitrogens with zero attached hydrogens (tertiary/aromatic N) is 1. The van der Waals surface area contributed by atoms with Crippen molar-refractivity contribution in [1.82, 2.24) is 10.2 Å². The van der Waals surface area contributed by atoms with Gasteiger partial charge in [0.15, 0.2) is 0 Å². The van der Waals surface area contributed by atoms with E-state index in [0.717, 1.165) is 0 Å². The van der Waals surface area contributed by atoms with E-state index in [2.05, 4.69) is 5.32 Å². The molecule has 1 saturated heterocycles. The molecule has 16 heavy (non-hydrogen) atoms. The monoisotopic (exact) mass is 228 g/mol. The molecule has 0 aliphatic carbocycles. The van der Waals surface area contributed by atoms with Gasteiger partial charge in [0.05, 0.1) is 12.5 Å². The summed E-state index contributed by atoms with van der Waals surface area (Å²) in [6.07, 6.45) is 0. The van der Waals surface area contributed by atoms with E-state index in [1.54, 1.807) is 0 Å². The molecule has 0 bridgehead atoms. The van der Waals surface area contributed by atoms with Gasteiger partial charge in [-0.1, -0.05) is 6.92 Å². The van der Waals surface area contributed by atoms with Crippen molar-refractivity contribution in [1.29, 1.82) is 0 Å². The van der Waals surface area contributed by atoms with Crippen LogP contribution in [0.3, 0.4) is 0 Å². The van der Waals surface area contributed by atoms with E-state index in [1.807, 2.05) is 25.7 Å². The molecular weight excluding hydrogens is 208 g/mol. The quantitative estimate of drug-likeness (QED) is 0.719. The summed E-state index contributed by atoms with van der Waals surface area (Å²) in [6.45, 7) is 7.19. The molecule has 0 aromatic heterocycles. The minimum atomic E-state index is -0.765. The zero-order valence-electron chi connectivity index (χ0n) is 10.1. The number of carbonyl (C=O) groups is 2. The van der Waals surface area contributed by atoms with Crippen LogP contribution in [0.2, 0.25) is 0 Å². The Morgan fingerprint density at radius 1 is 1.44 bits per heavy atom. The lowest BCUT2D eigenvalue weighted by molar-refractivity contribution is -0.142. The average molecular weight is 228 g/mol. The number of carboxylic acid groups (broad SMARTS) is 1. The predicted molar refractivity (Wildman–Crippen MR) is 60.0 cm³/mol. The molecule has 2 atom stereocenters. The van der Waals surface area contributed by atoms with Crippen molar-refractivity contribution in [3.63, 3.8) is 0 Å². The smallest absolute Gasteiger partial charge is 0.308 e. The average Bonchev–Trinajstić information content (AvgIpc) is 2.44. The van der Waals surface area contributed by atoms with Gasteiger partial charge in [-0.25, -0.2) is 0 Å². The number of amides is 1. The predicted octanol–water partition coefficient (Wildman–Crippen LogP) is 0.164. The van der Waals surface area contributed by atoms with Gasteiger partial charge in [-0.3, -0.25) is 14.5 Å². The molecule has 1 heterocycles. The van der Waals surface area contributed by atoms with E-state index >= 15 is 0 Å². The van der Waals surface area contributed by atoms with Crippen molar-refractivity contribution in [2.24, 2.45) is 11.8 Å². The molecule has 1 amide bonds. The number of aliphatic carboxylic acids is 1. The number of hydrogen-bond donors (Lipinski definition) is 2. The summed E-state index contributed by atoms with van der Waals surface area (Å²) in [6, 6.07) is 0.128. The standard InChI is InChI=1S/C11H20N2O3/c1-7(2)12-10(14)6-13-4-8(3)9(5-13)11(15)16/h7-9H,4-6H2,1-3H3,(H,12,14)(H,15,16). The number of carboxylic acids is 1. The summed E-state index contributed by atoms with van der Waals surface area (Å²) in [5, 5.41) is 11.8. The Morgan fingerprint density at radius 3 is 2.50 bits per heavy atom. The van der Waals surface area contributed by atoms with Crippen molar-refractivity contribution in [2.45, 2.75) is 26.8 Å². The highest BCUT2D eigenvalue weighted by Gasteiger charge is 2.35. The molecule has 1 fully saturated rings. The molecule has 1 aliphatic rings. The fourth-order valence-electron chi connectivity index (χ4n) is 2.09. The molecule has 5 nitrogen and oxygen atoms in total. The molecule has 0 saturated carbocycles. The van der Waals surface area contributed by atoms with Gasteiger partial charge in [0, 0.05) is 19.1 Å². The minimum Gasteiger partial charge on any atom is -0.481 e. The fraction of sp³-hybridized carbons (Fsp3) is 0.818. The first-order valence-corrected chi connectivity index (χ1v) is 5.64. The molecule has 2 unspecified atom stereocenters. The van der Waals surface area contributed by atoms with E-state index in [0.29, 0.717) is 19.6 Å². The Bertz CT molecular complexity index is 278. The van der Waals surface area contributed by atoms with Gasteiger partial charge in [0.25, 0.3) is 0 Å². The van der Waals surface area contributed by atoms with Crippen LogP contribution in [0.4, 0.5) is 0 Å². The first-order valence-electron chi connectivity index (χ1n) is 5.64. The molecule has 1 rings (SSSR count). The highest BCUT2D eigenvalue weighted by atomic mass is 16.4. The first-order chi connectivity index (χ1) is 7.40. The first kappa shape index (κ1) is 13.0. The highest BCUT2D eigenvalue weighted by Crippen LogP contribution is 2.22. The maximum atomic E-state index is 11.5. The van der Waals surface area contributed by atoms with Crippen LogP contribution in [0, 0.1) is 11.8 Å². The molecule has 2 N–H and O–H groups in total. The molecule has 0 spiro atoms. The lowest BCUT2D eigenvalue weighted by atomic mass is 9.99. The van der Waals surface area contributed by atoms with Crippen LogP contribution < -0.4 is 5.32 Å². The second-order valence-corrected chi connectivity index (χ2v) is 4.84.